The van der Waals surface area contributed by atoms with Gasteiger partial charge in [0.1, 0.15) is 11.6 Å². The maximum atomic E-state index is 12.4. The third-order valence-electron chi connectivity index (χ3n) is 5.47. The van der Waals surface area contributed by atoms with Crippen molar-refractivity contribution in [2.45, 2.75) is 13.0 Å². The second kappa shape index (κ2) is 10.0. The van der Waals surface area contributed by atoms with Crippen LogP contribution in [0.3, 0.4) is 0 Å². The number of fused-ring (bicyclic) bond motifs is 1. The van der Waals surface area contributed by atoms with Gasteiger partial charge in [0.2, 0.25) is 6.79 Å². The van der Waals surface area contributed by atoms with Crippen LogP contribution >= 0.6 is 0 Å². The molecular formula is C24H26N4O3. The fourth-order valence-corrected chi connectivity index (χ4v) is 3.73. The number of nitrogens with zero attached hydrogens (tertiary/aromatic N) is 3. The number of benzene rings is 2. The van der Waals surface area contributed by atoms with Crippen LogP contribution in [0.1, 0.15) is 11.1 Å². The van der Waals surface area contributed by atoms with Crippen molar-refractivity contribution in [3.63, 3.8) is 0 Å². The Labute approximate surface area is 182 Å². The van der Waals surface area contributed by atoms with Gasteiger partial charge >= 0.3 is 0 Å². The Hall–Kier alpha value is -3.50. The third-order valence-corrected chi connectivity index (χ3v) is 5.47. The summed E-state index contributed by atoms with van der Waals surface area (Å²) in [6.45, 7) is 4.88. The zero-order valence-corrected chi connectivity index (χ0v) is 17.4. The molecule has 1 amide bonds. The number of carbonyl (C=O) groups excluding carboxylic acids is 1. The molecule has 2 aromatic rings. The van der Waals surface area contributed by atoms with Crippen LogP contribution in [0.5, 0.6) is 11.5 Å². The molecular weight excluding hydrogens is 392 g/mol. The number of nitrogens with one attached hydrogen (secondary N) is 1. The number of hydrogen-bond acceptors (Lipinski definition) is 6. The van der Waals surface area contributed by atoms with Crippen LogP contribution in [0.25, 0.3) is 0 Å². The van der Waals surface area contributed by atoms with Gasteiger partial charge in [-0.3, -0.25) is 9.69 Å². The van der Waals surface area contributed by atoms with Crippen molar-refractivity contribution in [3.05, 3.63) is 71.4 Å². The second-order valence-corrected chi connectivity index (χ2v) is 7.65. The number of nitriles is 1. The molecule has 0 spiro atoms. The predicted octanol–water partition coefficient (Wildman–Crippen LogP) is 2.30. The van der Waals surface area contributed by atoms with Crippen molar-refractivity contribution in [1.82, 2.24) is 15.1 Å². The summed E-state index contributed by atoms with van der Waals surface area (Å²) >= 11 is 0. The minimum Gasteiger partial charge on any atom is -0.454 e. The molecule has 0 bridgehead atoms. The van der Waals surface area contributed by atoms with Crippen molar-refractivity contribution >= 4 is 5.91 Å². The molecule has 1 fully saturated rings. The van der Waals surface area contributed by atoms with Gasteiger partial charge in [-0.1, -0.05) is 36.4 Å². The van der Waals surface area contributed by atoms with Crippen molar-refractivity contribution in [2.75, 3.05) is 39.5 Å². The van der Waals surface area contributed by atoms with Crippen molar-refractivity contribution in [3.8, 4) is 17.6 Å². The van der Waals surface area contributed by atoms with Gasteiger partial charge in [0.05, 0.1) is 0 Å². The lowest BCUT2D eigenvalue weighted by molar-refractivity contribution is -0.117. The molecule has 0 atom stereocenters. The molecule has 2 aliphatic rings. The Morgan fingerprint density at radius 1 is 1.03 bits per heavy atom. The van der Waals surface area contributed by atoms with Crippen LogP contribution in [0.4, 0.5) is 0 Å². The van der Waals surface area contributed by atoms with E-state index >= 15 is 0 Å². The first-order chi connectivity index (χ1) is 15.2. The van der Waals surface area contributed by atoms with Crippen LogP contribution in [0.2, 0.25) is 0 Å². The van der Waals surface area contributed by atoms with Gasteiger partial charge in [-0.2, -0.15) is 5.26 Å². The molecule has 1 N–H and O–H groups in total. The largest absolute Gasteiger partial charge is 0.454 e. The third kappa shape index (κ3) is 5.56. The molecule has 31 heavy (non-hydrogen) atoms. The van der Waals surface area contributed by atoms with Gasteiger partial charge in [0.25, 0.3) is 5.91 Å². The topological polar surface area (TPSA) is 77.8 Å². The normalized spacial score (nSPS) is 16.1. The quantitative estimate of drug-likeness (QED) is 0.549. The molecule has 1 saturated heterocycles. The Balaban J connectivity index is 1.24. The first kappa shape index (κ1) is 20.8. The lowest BCUT2D eigenvalue weighted by Crippen LogP contribution is -2.44. The predicted molar refractivity (Wildman–Crippen MR) is 116 cm³/mol. The Morgan fingerprint density at radius 2 is 1.81 bits per heavy atom. The zero-order chi connectivity index (χ0) is 21.5. The maximum absolute atomic E-state index is 12.4. The summed E-state index contributed by atoms with van der Waals surface area (Å²) < 4.78 is 10.8. The van der Waals surface area contributed by atoms with Crippen molar-refractivity contribution < 1.29 is 14.3 Å². The molecule has 2 aliphatic heterocycles. The van der Waals surface area contributed by atoms with Crippen LogP contribution in [-0.4, -0.2) is 55.2 Å². The highest BCUT2D eigenvalue weighted by molar-refractivity contribution is 5.97. The lowest BCUT2D eigenvalue weighted by Gasteiger charge is -2.34. The van der Waals surface area contributed by atoms with E-state index in [2.05, 4.69) is 16.3 Å². The first-order valence-corrected chi connectivity index (χ1v) is 10.5. The monoisotopic (exact) mass is 418 g/mol. The molecule has 0 unspecified atom stereocenters. The van der Waals surface area contributed by atoms with E-state index in [1.807, 2.05) is 53.4 Å². The molecule has 2 heterocycles. The number of piperazine rings is 1. The molecule has 0 aliphatic carbocycles. The molecule has 2 aromatic carbocycles. The number of rotatable bonds is 7. The minimum atomic E-state index is -0.318. The molecule has 4 rings (SSSR count). The average Bonchev–Trinajstić information content (AvgIpc) is 3.27. The lowest BCUT2D eigenvalue weighted by atomic mass is 10.1. The Bertz CT molecular complexity index is 976. The van der Waals surface area contributed by atoms with Gasteiger partial charge in [-0.25, -0.2) is 0 Å². The molecule has 0 radical (unpaired) electrons. The SMILES string of the molecule is N#C/C(=C/N1CCN(Cc2ccc3c(c2)OCO3)CC1)C(=O)NCCc1ccccc1. The number of carbonyl (C=O) groups is 1. The summed E-state index contributed by atoms with van der Waals surface area (Å²) in [4.78, 5) is 16.8. The van der Waals surface area contributed by atoms with Gasteiger partial charge in [0.15, 0.2) is 11.5 Å². The van der Waals surface area contributed by atoms with Crippen LogP contribution in [0.15, 0.2) is 60.3 Å². The summed E-state index contributed by atoms with van der Waals surface area (Å²) in [5.41, 5.74) is 2.49. The van der Waals surface area contributed by atoms with E-state index in [-0.39, 0.29) is 18.3 Å². The highest BCUT2D eigenvalue weighted by atomic mass is 16.7. The van der Waals surface area contributed by atoms with E-state index in [1.165, 1.54) is 5.56 Å². The van der Waals surface area contributed by atoms with Gasteiger partial charge in [0, 0.05) is 45.5 Å². The Kier molecular flexibility index (Phi) is 6.70. The number of amides is 1. The van der Waals surface area contributed by atoms with Gasteiger partial charge in [-0.05, 0) is 29.7 Å². The van der Waals surface area contributed by atoms with Crippen LogP contribution in [-0.2, 0) is 17.8 Å². The summed E-state index contributed by atoms with van der Waals surface area (Å²) in [6.07, 6.45) is 2.43. The first-order valence-electron chi connectivity index (χ1n) is 10.5. The summed E-state index contributed by atoms with van der Waals surface area (Å²) in [5, 5.41) is 12.3. The molecule has 0 saturated carbocycles. The average molecular weight is 418 g/mol. The fourth-order valence-electron chi connectivity index (χ4n) is 3.73. The van der Waals surface area contributed by atoms with E-state index in [4.69, 9.17) is 9.47 Å². The van der Waals surface area contributed by atoms with Gasteiger partial charge in [-0.15, -0.1) is 0 Å². The molecule has 7 heteroatoms. The molecule has 160 valence electrons. The van der Waals surface area contributed by atoms with E-state index in [9.17, 15) is 10.1 Å². The standard InChI is InChI=1S/C24H26N4O3/c25-15-21(24(29)26-9-8-19-4-2-1-3-5-19)17-28-12-10-27(11-13-28)16-20-6-7-22-23(14-20)31-18-30-22/h1-7,14,17H,8-13,16,18H2,(H,26,29)/b21-17-. The molecule has 7 nitrogen and oxygen atoms in total. The van der Waals surface area contributed by atoms with E-state index in [0.717, 1.165) is 56.2 Å². The molecule has 0 aromatic heterocycles. The Morgan fingerprint density at radius 3 is 2.58 bits per heavy atom. The number of hydrogen-bond donors (Lipinski definition) is 1. The number of ether oxygens (including phenoxy) is 2. The van der Waals surface area contributed by atoms with E-state index in [0.29, 0.717) is 6.54 Å². The minimum absolute atomic E-state index is 0.150. The van der Waals surface area contributed by atoms with Crippen LogP contribution < -0.4 is 14.8 Å². The van der Waals surface area contributed by atoms with Crippen molar-refractivity contribution in [1.29, 1.82) is 5.26 Å². The maximum Gasteiger partial charge on any atom is 0.263 e. The summed E-state index contributed by atoms with van der Waals surface area (Å²) in [5.74, 6) is 1.28. The fraction of sp³-hybridized carbons (Fsp3) is 0.333. The van der Waals surface area contributed by atoms with E-state index in [1.54, 1.807) is 6.20 Å². The van der Waals surface area contributed by atoms with Gasteiger partial charge < -0.3 is 19.7 Å². The smallest absolute Gasteiger partial charge is 0.263 e. The zero-order valence-electron chi connectivity index (χ0n) is 17.4. The highest BCUT2D eigenvalue weighted by Crippen LogP contribution is 2.32. The van der Waals surface area contributed by atoms with Crippen molar-refractivity contribution in [2.24, 2.45) is 0 Å². The summed E-state index contributed by atoms with van der Waals surface area (Å²) in [6, 6.07) is 18.1. The highest BCUT2D eigenvalue weighted by Gasteiger charge is 2.19. The summed E-state index contributed by atoms with van der Waals surface area (Å²) in [7, 11) is 0. The second-order valence-electron chi connectivity index (χ2n) is 7.65. The van der Waals surface area contributed by atoms with Crippen LogP contribution in [0, 0.1) is 11.3 Å². The van der Waals surface area contributed by atoms with E-state index < -0.39 is 0 Å².